The summed E-state index contributed by atoms with van der Waals surface area (Å²) in [6, 6.07) is 4.24. The summed E-state index contributed by atoms with van der Waals surface area (Å²) in [4.78, 5) is 3.64. The Kier molecular flexibility index (Phi) is 6.21. The van der Waals surface area contributed by atoms with Gasteiger partial charge in [-0.25, -0.2) is 14.6 Å². The van der Waals surface area contributed by atoms with Crippen LogP contribution in [0.15, 0.2) is 54.5 Å². The van der Waals surface area contributed by atoms with Gasteiger partial charge in [-0.05, 0) is 18.2 Å². The van der Waals surface area contributed by atoms with Crippen molar-refractivity contribution in [3.8, 4) is 5.75 Å². The number of rotatable bonds is 8. The van der Waals surface area contributed by atoms with Gasteiger partial charge in [-0.2, -0.15) is 13.9 Å². The predicted molar refractivity (Wildman–Crippen MR) is 94.8 cm³/mol. The molecule has 0 fully saturated rings. The van der Waals surface area contributed by atoms with Gasteiger partial charge in [0, 0.05) is 11.6 Å². The van der Waals surface area contributed by atoms with Crippen molar-refractivity contribution in [1.29, 1.82) is 0 Å². The van der Waals surface area contributed by atoms with E-state index in [1.807, 2.05) is 0 Å². The molecule has 0 saturated carbocycles. The third-order valence-corrected chi connectivity index (χ3v) is 3.90. The van der Waals surface area contributed by atoms with Crippen LogP contribution in [0.1, 0.15) is 11.3 Å². The monoisotopic (exact) mass is 398 g/mol. The van der Waals surface area contributed by atoms with Gasteiger partial charge in [0.1, 0.15) is 35.0 Å². The van der Waals surface area contributed by atoms with Crippen molar-refractivity contribution in [2.24, 2.45) is 22.5 Å². The Morgan fingerprint density at radius 3 is 2.50 bits per heavy atom. The zero-order valence-corrected chi connectivity index (χ0v) is 14.5. The van der Waals surface area contributed by atoms with Crippen LogP contribution in [-0.2, 0) is 11.5 Å². The second-order valence-electron chi connectivity index (χ2n) is 5.77. The van der Waals surface area contributed by atoms with Crippen molar-refractivity contribution in [1.82, 2.24) is 9.99 Å². The highest BCUT2D eigenvalue weighted by atomic mass is 19.3. The van der Waals surface area contributed by atoms with Gasteiger partial charge in [-0.1, -0.05) is 12.6 Å². The molecule has 0 aliphatic carbocycles. The van der Waals surface area contributed by atoms with E-state index in [4.69, 9.17) is 22.2 Å². The van der Waals surface area contributed by atoms with Crippen molar-refractivity contribution < 1.29 is 22.3 Å². The zero-order valence-electron chi connectivity index (χ0n) is 14.5. The van der Waals surface area contributed by atoms with E-state index in [1.165, 1.54) is 6.07 Å². The van der Waals surface area contributed by atoms with Crippen molar-refractivity contribution in [3.05, 3.63) is 72.3 Å². The molecule has 1 atom stereocenters. The summed E-state index contributed by atoms with van der Waals surface area (Å²) in [5.41, 5.74) is 1.77. The van der Waals surface area contributed by atoms with Gasteiger partial charge < -0.3 is 16.3 Å². The van der Waals surface area contributed by atoms with Crippen LogP contribution in [0.3, 0.4) is 0 Å². The summed E-state index contributed by atoms with van der Waals surface area (Å²) in [6.07, 6.45) is 2.94. The van der Waals surface area contributed by atoms with E-state index < -0.39 is 40.9 Å². The normalized spacial score (nSPS) is 13.9. The number of benzene rings is 1. The lowest BCUT2D eigenvalue weighted by Crippen LogP contribution is -2.59. The number of alkyl halides is 2. The first-order chi connectivity index (χ1) is 13.2. The van der Waals surface area contributed by atoms with Gasteiger partial charge in [0.2, 0.25) is 0 Å². The van der Waals surface area contributed by atoms with E-state index in [1.54, 1.807) is 0 Å². The molecule has 0 bridgehead atoms. The standard InChI is InChI=1S/C17H18F4N6O/c1-2-28-12-4-6-15(25-8-12)17(20,21)16(22,9-27(24)10-26-23)13-5-3-11(18)7-14(13)19/h2-8,10H,1,9,22-24H2/b26-10-. The molecule has 0 saturated heterocycles. The number of pyridine rings is 1. The quantitative estimate of drug-likeness (QED) is 0.156. The fourth-order valence-corrected chi connectivity index (χ4v) is 2.58. The van der Waals surface area contributed by atoms with E-state index in [2.05, 4.69) is 16.7 Å². The number of aromatic nitrogens is 1. The van der Waals surface area contributed by atoms with Gasteiger partial charge in [-0.3, -0.25) is 9.99 Å². The highest BCUT2D eigenvalue weighted by molar-refractivity contribution is 5.54. The molecule has 1 aromatic heterocycles. The smallest absolute Gasteiger partial charge is 0.313 e. The molecule has 0 amide bonds. The molecule has 2 rings (SSSR count). The Balaban J connectivity index is 2.59. The molecule has 0 spiro atoms. The summed E-state index contributed by atoms with van der Waals surface area (Å²) in [5, 5.41) is 3.78. The SMILES string of the molecule is C=COc1ccc(C(F)(F)C(N)(CN(N)/C=N\N)c2ccc(F)cc2F)nc1. The number of halogens is 4. The average molecular weight is 398 g/mol. The lowest BCUT2D eigenvalue weighted by atomic mass is 9.82. The Hall–Kier alpha value is -3.18. The maximum absolute atomic E-state index is 15.4. The molecule has 1 heterocycles. The fourth-order valence-electron chi connectivity index (χ4n) is 2.58. The zero-order chi connectivity index (χ0) is 20.9. The summed E-state index contributed by atoms with van der Waals surface area (Å²) in [5.74, 6) is 4.51. The van der Waals surface area contributed by atoms with E-state index >= 15 is 8.78 Å². The first-order valence-electron chi connectivity index (χ1n) is 7.76. The van der Waals surface area contributed by atoms with Crippen molar-refractivity contribution in [2.75, 3.05) is 6.54 Å². The molecule has 28 heavy (non-hydrogen) atoms. The number of ether oxygens (including phenoxy) is 1. The number of hydrogen-bond acceptors (Lipinski definition) is 6. The van der Waals surface area contributed by atoms with E-state index in [9.17, 15) is 8.78 Å². The Morgan fingerprint density at radius 1 is 1.25 bits per heavy atom. The predicted octanol–water partition coefficient (Wildman–Crippen LogP) is 1.91. The molecular weight excluding hydrogens is 380 g/mol. The molecule has 0 aliphatic heterocycles. The molecule has 0 aliphatic rings. The lowest BCUT2D eigenvalue weighted by molar-refractivity contribution is -0.0964. The van der Waals surface area contributed by atoms with Gasteiger partial charge >= 0.3 is 5.92 Å². The molecular formula is C17H18F4N6O. The van der Waals surface area contributed by atoms with Crippen molar-refractivity contribution >= 4 is 6.34 Å². The molecule has 150 valence electrons. The third-order valence-electron chi connectivity index (χ3n) is 3.90. The Bertz CT molecular complexity index is 861. The number of nitrogens with two attached hydrogens (primary N) is 3. The van der Waals surface area contributed by atoms with Gasteiger partial charge in [0.25, 0.3) is 0 Å². The van der Waals surface area contributed by atoms with E-state index in [0.717, 1.165) is 37.0 Å². The summed E-state index contributed by atoms with van der Waals surface area (Å²) in [7, 11) is 0. The number of hydrogen-bond donors (Lipinski definition) is 3. The third kappa shape index (κ3) is 4.05. The van der Waals surface area contributed by atoms with Crippen LogP contribution in [0.25, 0.3) is 0 Å². The van der Waals surface area contributed by atoms with Crippen LogP contribution in [0.5, 0.6) is 5.75 Å². The molecule has 6 N–H and O–H groups in total. The number of nitrogens with zero attached hydrogens (tertiary/aromatic N) is 3. The topological polar surface area (TPSA) is 116 Å². The second kappa shape index (κ2) is 8.23. The van der Waals surface area contributed by atoms with Crippen LogP contribution < -0.4 is 22.2 Å². The highest BCUT2D eigenvalue weighted by Crippen LogP contribution is 2.44. The molecule has 2 aromatic rings. The average Bonchev–Trinajstić information content (AvgIpc) is 2.62. The number of hydrazine groups is 1. The summed E-state index contributed by atoms with van der Waals surface area (Å²) < 4.78 is 63.4. The van der Waals surface area contributed by atoms with Crippen LogP contribution >= 0.6 is 0 Å². The Morgan fingerprint density at radius 2 is 1.96 bits per heavy atom. The fraction of sp³-hybridized carbons (Fsp3) is 0.176. The van der Waals surface area contributed by atoms with Gasteiger partial charge in [0.05, 0.1) is 19.0 Å². The lowest BCUT2D eigenvalue weighted by Gasteiger charge is -2.39. The first-order valence-corrected chi connectivity index (χ1v) is 7.76. The van der Waals surface area contributed by atoms with Crippen molar-refractivity contribution in [2.45, 2.75) is 11.5 Å². The largest absolute Gasteiger partial charge is 0.464 e. The van der Waals surface area contributed by atoms with Crippen LogP contribution in [0.4, 0.5) is 17.6 Å². The summed E-state index contributed by atoms with van der Waals surface area (Å²) in [6.45, 7) is 2.52. The minimum atomic E-state index is -3.95. The van der Waals surface area contributed by atoms with Gasteiger partial charge in [0.15, 0.2) is 0 Å². The molecule has 0 radical (unpaired) electrons. The van der Waals surface area contributed by atoms with Crippen LogP contribution in [-0.4, -0.2) is 22.9 Å². The Labute approximate surface area is 158 Å². The molecule has 11 heteroatoms. The van der Waals surface area contributed by atoms with Crippen LogP contribution in [0.2, 0.25) is 0 Å². The van der Waals surface area contributed by atoms with Crippen molar-refractivity contribution in [3.63, 3.8) is 0 Å². The first kappa shape index (κ1) is 21.1. The second-order valence-corrected chi connectivity index (χ2v) is 5.77. The summed E-state index contributed by atoms with van der Waals surface area (Å²) >= 11 is 0. The minimum Gasteiger partial charge on any atom is -0.464 e. The highest BCUT2D eigenvalue weighted by Gasteiger charge is 2.56. The molecule has 1 unspecified atom stereocenters. The maximum Gasteiger partial charge on any atom is 0.313 e. The maximum atomic E-state index is 15.4. The molecule has 7 nitrogen and oxygen atoms in total. The minimum absolute atomic E-state index is 0.154. The van der Waals surface area contributed by atoms with E-state index in [-0.39, 0.29) is 5.75 Å². The van der Waals surface area contributed by atoms with E-state index in [0.29, 0.717) is 11.1 Å². The van der Waals surface area contributed by atoms with Crippen LogP contribution in [0, 0.1) is 11.6 Å². The molecule has 1 aromatic carbocycles. The number of hydrazone groups is 1. The van der Waals surface area contributed by atoms with Gasteiger partial charge in [-0.15, -0.1) is 0 Å².